The number of likely N-dealkylation sites (N-methyl/N-ethyl adjacent to an activating group) is 1. The maximum atomic E-state index is 8.36. The van der Waals surface area contributed by atoms with E-state index in [2.05, 4.69) is 5.32 Å². The summed E-state index contributed by atoms with van der Waals surface area (Å²) in [6, 6.07) is 0. The van der Waals surface area contributed by atoms with Crippen LogP contribution in [0.3, 0.4) is 0 Å². The first-order chi connectivity index (χ1) is 3.83. The van der Waals surface area contributed by atoms with Crippen molar-refractivity contribution in [3.05, 3.63) is 0 Å². The first kappa shape index (κ1) is 10.4. The van der Waals surface area contributed by atoms with Crippen molar-refractivity contribution in [2.24, 2.45) is 5.73 Å². The molecule has 0 saturated carbocycles. The lowest BCUT2D eigenvalue weighted by atomic mass is 10.7. The molecule has 0 atom stereocenters. The monoisotopic (exact) mass is 120 g/mol. The van der Waals surface area contributed by atoms with Crippen molar-refractivity contribution in [1.29, 1.82) is 0 Å². The smallest absolute Gasteiger partial charge is 0.290 e. The molecule has 4 nitrogen and oxygen atoms in total. The molecule has 0 amide bonds. The number of nitrogens with two attached hydrogens (primary N) is 1. The SMILES string of the molecule is CNCCN.O=CO. The fourth-order valence-electron chi connectivity index (χ4n) is 0.144. The van der Waals surface area contributed by atoms with Gasteiger partial charge in [-0.1, -0.05) is 0 Å². The van der Waals surface area contributed by atoms with Crippen molar-refractivity contribution in [2.45, 2.75) is 0 Å². The first-order valence-electron chi connectivity index (χ1n) is 2.26. The highest BCUT2D eigenvalue weighted by Crippen LogP contribution is 1.37. The van der Waals surface area contributed by atoms with Crippen molar-refractivity contribution < 1.29 is 9.90 Å². The Labute approximate surface area is 48.7 Å². The van der Waals surface area contributed by atoms with Gasteiger partial charge < -0.3 is 16.2 Å². The van der Waals surface area contributed by atoms with Gasteiger partial charge in [-0.3, -0.25) is 4.79 Å². The van der Waals surface area contributed by atoms with E-state index in [1.54, 1.807) is 0 Å². The molecule has 0 aliphatic carbocycles. The zero-order valence-corrected chi connectivity index (χ0v) is 4.92. The summed E-state index contributed by atoms with van der Waals surface area (Å²) >= 11 is 0. The minimum absolute atomic E-state index is 0.250. The van der Waals surface area contributed by atoms with Crippen LogP contribution in [0.15, 0.2) is 0 Å². The van der Waals surface area contributed by atoms with E-state index < -0.39 is 0 Å². The van der Waals surface area contributed by atoms with Crippen molar-refractivity contribution in [2.75, 3.05) is 20.1 Å². The number of hydrogen-bond acceptors (Lipinski definition) is 3. The fourth-order valence-corrected chi connectivity index (χ4v) is 0.144. The van der Waals surface area contributed by atoms with Crippen LogP contribution in [0.5, 0.6) is 0 Å². The highest BCUT2D eigenvalue weighted by Gasteiger charge is 1.64. The second kappa shape index (κ2) is 16.2. The van der Waals surface area contributed by atoms with Gasteiger partial charge in [0.25, 0.3) is 6.47 Å². The number of carbonyl (C=O) groups is 1. The van der Waals surface area contributed by atoms with Gasteiger partial charge in [-0.15, -0.1) is 0 Å². The van der Waals surface area contributed by atoms with Gasteiger partial charge in [0.05, 0.1) is 0 Å². The minimum atomic E-state index is -0.250. The van der Waals surface area contributed by atoms with E-state index >= 15 is 0 Å². The molecule has 0 rings (SSSR count). The quantitative estimate of drug-likeness (QED) is 0.403. The Morgan fingerprint density at radius 1 is 1.88 bits per heavy atom. The van der Waals surface area contributed by atoms with Crippen LogP contribution in [0.1, 0.15) is 0 Å². The van der Waals surface area contributed by atoms with Gasteiger partial charge in [0.15, 0.2) is 0 Å². The molecule has 0 aliphatic rings. The molecule has 0 aromatic carbocycles. The number of carboxylic acid groups (broad SMARTS) is 1. The predicted octanol–water partition coefficient (Wildman–Crippen LogP) is -1.13. The van der Waals surface area contributed by atoms with Gasteiger partial charge in [-0.05, 0) is 7.05 Å². The van der Waals surface area contributed by atoms with E-state index in [1.165, 1.54) is 0 Å². The van der Waals surface area contributed by atoms with E-state index in [1.807, 2.05) is 7.05 Å². The predicted molar refractivity (Wildman–Crippen MR) is 31.7 cm³/mol. The Kier molecular flexibility index (Phi) is 21.0. The van der Waals surface area contributed by atoms with Crippen LogP contribution in [0.25, 0.3) is 0 Å². The van der Waals surface area contributed by atoms with E-state index in [0.29, 0.717) is 0 Å². The minimum Gasteiger partial charge on any atom is -0.483 e. The summed E-state index contributed by atoms with van der Waals surface area (Å²) in [6.45, 7) is 1.40. The molecule has 4 heteroatoms. The second-order valence-corrected chi connectivity index (χ2v) is 0.998. The molecule has 0 unspecified atom stereocenters. The van der Waals surface area contributed by atoms with Gasteiger partial charge in [0.1, 0.15) is 0 Å². The van der Waals surface area contributed by atoms with E-state index in [-0.39, 0.29) is 6.47 Å². The van der Waals surface area contributed by atoms with Crippen molar-refractivity contribution in [1.82, 2.24) is 5.32 Å². The van der Waals surface area contributed by atoms with Crippen molar-refractivity contribution >= 4 is 6.47 Å². The van der Waals surface area contributed by atoms with Crippen LogP contribution in [-0.4, -0.2) is 31.7 Å². The molecule has 4 N–H and O–H groups in total. The van der Waals surface area contributed by atoms with Crippen molar-refractivity contribution in [3.63, 3.8) is 0 Å². The maximum Gasteiger partial charge on any atom is 0.290 e. The van der Waals surface area contributed by atoms with Crippen LogP contribution < -0.4 is 11.1 Å². The lowest BCUT2D eigenvalue weighted by molar-refractivity contribution is -0.122. The summed E-state index contributed by atoms with van der Waals surface area (Å²) in [6.07, 6.45) is 0. The maximum absolute atomic E-state index is 8.36. The van der Waals surface area contributed by atoms with Crippen LogP contribution in [0, 0.1) is 0 Å². The largest absolute Gasteiger partial charge is 0.483 e. The zero-order chi connectivity index (χ0) is 6.83. The molecule has 0 bridgehead atoms. The Balaban J connectivity index is 0. The Morgan fingerprint density at radius 2 is 2.25 bits per heavy atom. The number of nitrogens with one attached hydrogen (secondary N) is 1. The summed E-state index contributed by atoms with van der Waals surface area (Å²) in [5, 5.41) is 9.78. The average molecular weight is 120 g/mol. The molecule has 8 heavy (non-hydrogen) atoms. The fraction of sp³-hybridized carbons (Fsp3) is 0.750. The van der Waals surface area contributed by atoms with E-state index in [0.717, 1.165) is 13.1 Å². The number of rotatable bonds is 2. The third-order valence-electron chi connectivity index (χ3n) is 0.394. The second-order valence-electron chi connectivity index (χ2n) is 0.998. The molecule has 0 spiro atoms. The average Bonchev–Trinajstić information content (AvgIpc) is 1.71. The molecule has 0 fully saturated rings. The van der Waals surface area contributed by atoms with Crippen LogP contribution in [0.2, 0.25) is 0 Å². The molecule has 0 radical (unpaired) electrons. The van der Waals surface area contributed by atoms with Crippen LogP contribution in [-0.2, 0) is 4.79 Å². The Bertz CT molecular complexity index is 39.0. The van der Waals surface area contributed by atoms with Crippen LogP contribution >= 0.6 is 0 Å². The molecular weight excluding hydrogens is 108 g/mol. The normalized spacial score (nSPS) is 6.75. The van der Waals surface area contributed by atoms with Crippen LogP contribution in [0.4, 0.5) is 0 Å². The lowest BCUT2D eigenvalue weighted by Gasteiger charge is -1.85. The molecule has 50 valence electrons. The standard InChI is InChI=1S/C3H10N2.CH2O2/c1-5-3-2-4;2-1-3/h5H,2-4H2,1H3;1H,(H,2,3). The van der Waals surface area contributed by atoms with Gasteiger partial charge in [0.2, 0.25) is 0 Å². The highest BCUT2D eigenvalue weighted by molar-refractivity contribution is 5.32. The lowest BCUT2D eigenvalue weighted by Crippen LogP contribution is -2.17. The van der Waals surface area contributed by atoms with Crippen molar-refractivity contribution in [3.8, 4) is 0 Å². The van der Waals surface area contributed by atoms with Gasteiger partial charge in [-0.25, -0.2) is 0 Å². The summed E-state index contributed by atoms with van der Waals surface area (Å²) in [5.41, 5.74) is 5.08. The van der Waals surface area contributed by atoms with Gasteiger partial charge >= 0.3 is 0 Å². The zero-order valence-electron chi connectivity index (χ0n) is 4.92. The number of hydrogen-bond donors (Lipinski definition) is 3. The summed E-state index contributed by atoms with van der Waals surface area (Å²) < 4.78 is 0. The summed E-state index contributed by atoms with van der Waals surface area (Å²) in [4.78, 5) is 8.36. The molecule has 0 saturated heterocycles. The first-order valence-corrected chi connectivity index (χ1v) is 2.26. The molecular formula is C4H12N2O2. The molecule has 0 heterocycles. The third kappa shape index (κ3) is 53.8. The van der Waals surface area contributed by atoms with Gasteiger partial charge in [0, 0.05) is 13.1 Å². The molecule has 0 aromatic rings. The molecule has 0 aliphatic heterocycles. The molecule has 0 aromatic heterocycles. The van der Waals surface area contributed by atoms with E-state index in [4.69, 9.17) is 15.6 Å². The Hall–Kier alpha value is -0.610. The third-order valence-corrected chi connectivity index (χ3v) is 0.394. The summed E-state index contributed by atoms with van der Waals surface area (Å²) in [7, 11) is 1.88. The summed E-state index contributed by atoms with van der Waals surface area (Å²) in [5.74, 6) is 0. The van der Waals surface area contributed by atoms with Gasteiger partial charge in [-0.2, -0.15) is 0 Å². The Morgan fingerprint density at radius 3 is 2.25 bits per heavy atom. The topological polar surface area (TPSA) is 75.3 Å². The highest BCUT2D eigenvalue weighted by atomic mass is 16.3. The van der Waals surface area contributed by atoms with E-state index in [9.17, 15) is 0 Å².